The first-order valence-corrected chi connectivity index (χ1v) is 8.14. The van der Waals surface area contributed by atoms with Crippen LogP contribution in [-0.4, -0.2) is 38.4 Å². The minimum atomic E-state index is -2.96. The van der Waals surface area contributed by atoms with E-state index >= 15 is 0 Å². The van der Waals surface area contributed by atoms with Crippen molar-refractivity contribution < 1.29 is 13.2 Å². The average Bonchev–Trinajstić information content (AvgIpc) is 2.68. The highest BCUT2D eigenvalue weighted by atomic mass is 35.5. The molecule has 0 bridgehead atoms. The highest BCUT2D eigenvalue weighted by Crippen LogP contribution is 2.13. The Hall–Kier alpha value is -1.27. The minimum Gasteiger partial charge on any atom is -0.376 e. The Bertz CT molecular complexity index is 557. The van der Waals surface area contributed by atoms with Crippen molar-refractivity contribution in [1.82, 2.24) is 5.32 Å². The normalized spacial score (nSPS) is 21.0. The molecule has 0 aliphatic carbocycles. The van der Waals surface area contributed by atoms with Gasteiger partial charge in [-0.25, -0.2) is 8.42 Å². The van der Waals surface area contributed by atoms with Gasteiger partial charge in [-0.3, -0.25) is 4.79 Å². The molecule has 19 heavy (non-hydrogen) atoms. The smallest absolute Gasteiger partial charge is 0.239 e. The molecule has 5 nitrogen and oxygen atoms in total. The number of hydrogen-bond acceptors (Lipinski definition) is 4. The molecule has 1 fully saturated rings. The lowest BCUT2D eigenvalue weighted by atomic mass is 10.2. The number of hydrogen-bond donors (Lipinski definition) is 2. The van der Waals surface area contributed by atoms with Crippen LogP contribution in [0.15, 0.2) is 24.3 Å². The fourth-order valence-electron chi connectivity index (χ4n) is 1.94. The molecule has 0 saturated carbocycles. The first-order chi connectivity index (χ1) is 8.94. The SMILES string of the molecule is O=C(CNc1ccc(Cl)cc1)NC1CCS(=O)(=O)C1. The molecule has 1 unspecified atom stereocenters. The van der Waals surface area contributed by atoms with Gasteiger partial charge in [-0.05, 0) is 30.7 Å². The van der Waals surface area contributed by atoms with Gasteiger partial charge in [-0.1, -0.05) is 11.6 Å². The van der Waals surface area contributed by atoms with Crippen LogP contribution in [0, 0.1) is 0 Å². The van der Waals surface area contributed by atoms with Crippen LogP contribution >= 0.6 is 11.6 Å². The Morgan fingerprint density at radius 2 is 2.00 bits per heavy atom. The van der Waals surface area contributed by atoms with E-state index in [1.165, 1.54) is 0 Å². The van der Waals surface area contributed by atoms with E-state index < -0.39 is 9.84 Å². The maximum atomic E-state index is 11.7. The molecule has 1 atom stereocenters. The fraction of sp³-hybridized carbons (Fsp3) is 0.417. The zero-order valence-electron chi connectivity index (χ0n) is 10.2. The molecule has 1 aromatic carbocycles. The monoisotopic (exact) mass is 302 g/mol. The van der Waals surface area contributed by atoms with Crippen molar-refractivity contribution in [3.8, 4) is 0 Å². The summed E-state index contributed by atoms with van der Waals surface area (Å²) in [6.07, 6.45) is 0.495. The first-order valence-electron chi connectivity index (χ1n) is 5.94. The highest BCUT2D eigenvalue weighted by Gasteiger charge is 2.28. The summed E-state index contributed by atoms with van der Waals surface area (Å²) < 4.78 is 22.5. The summed E-state index contributed by atoms with van der Waals surface area (Å²) in [5.74, 6) is -0.0144. The van der Waals surface area contributed by atoms with Gasteiger partial charge < -0.3 is 10.6 Å². The van der Waals surface area contributed by atoms with Gasteiger partial charge in [0, 0.05) is 16.8 Å². The van der Waals surface area contributed by atoms with Gasteiger partial charge in [0.1, 0.15) is 0 Å². The van der Waals surface area contributed by atoms with Crippen LogP contribution in [0.5, 0.6) is 0 Å². The molecule has 1 aliphatic heterocycles. The highest BCUT2D eigenvalue weighted by molar-refractivity contribution is 7.91. The number of sulfone groups is 1. The molecule has 1 amide bonds. The van der Waals surface area contributed by atoms with Crippen LogP contribution in [0.1, 0.15) is 6.42 Å². The van der Waals surface area contributed by atoms with Crippen molar-refractivity contribution in [3.63, 3.8) is 0 Å². The van der Waals surface area contributed by atoms with Crippen LogP contribution in [0.2, 0.25) is 5.02 Å². The Balaban J connectivity index is 1.77. The van der Waals surface area contributed by atoms with Crippen molar-refractivity contribution in [3.05, 3.63) is 29.3 Å². The van der Waals surface area contributed by atoms with Crippen molar-refractivity contribution in [1.29, 1.82) is 0 Å². The number of halogens is 1. The van der Waals surface area contributed by atoms with Crippen LogP contribution in [-0.2, 0) is 14.6 Å². The molecular weight excluding hydrogens is 288 g/mol. The van der Waals surface area contributed by atoms with Gasteiger partial charge in [0.25, 0.3) is 0 Å². The largest absolute Gasteiger partial charge is 0.376 e. The third kappa shape index (κ3) is 4.40. The Morgan fingerprint density at radius 3 is 2.58 bits per heavy atom. The van der Waals surface area contributed by atoms with Crippen LogP contribution < -0.4 is 10.6 Å². The number of amides is 1. The summed E-state index contributed by atoms with van der Waals surface area (Å²) in [5, 5.41) is 6.29. The number of carbonyl (C=O) groups excluding carboxylic acids is 1. The lowest BCUT2D eigenvalue weighted by molar-refractivity contribution is -0.119. The molecule has 1 aliphatic rings. The summed E-state index contributed by atoms with van der Waals surface area (Å²) in [7, 11) is -2.96. The Labute approximate surface area is 117 Å². The van der Waals surface area contributed by atoms with Gasteiger partial charge in [-0.15, -0.1) is 0 Å². The number of nitrogens with one attached hydrogen (secondary N) is 2. The lowest BCUT2D eigenvalue weighted by Gasteiger charge is -2.12. The summed E-state index contributed by atoms with van der Waals surface area (Å²) in [6.45, 7) is 0.109. The topological polar surface area (TPSA) is 75.3 Å². The molecule has 7 heteroatoms. The predicted octanol–water partition coefficient (Wildman–Crippen LogP) is 1.06. The summed E-state index contributed by atoms with van der Waals surface area (Å²) in [5.41, 5.74) is 0.790. The van der Waals surface area contributed by atoms with Gasteiger partial charge >= 0.3 is 0 Å². The third-order valence-electron chi connectivity index (χ3n) is 2.89. The second-order valence-electron chi connectivity index (χ2n) is 4.53. The number of carbonyl (C=O) groups is 1. The molecule has 2 N–H and O–H groups in total. The summed E-state index contributed by atoms with van der Waals surface area (Å²) in [4.78, 5) is 11.7. The first kappa shape index (κ1) is 14.1. The Kier molecular flexibility index (Phi) is 4.31. The molecule has 104 valence electrons. The molecule has 0 radical (unpaired) electrons. The molecule has 1 saturated heterocycles. The van der Waals surface area contributed by atoms with E-state index in [0.717, 1.165) is 5.69 Å². The van der Waals surface area contributed by atoms with Crippen molar-refractivity contribution in [2.75, 3.05) is 23.4 Å². The standard InChI is InChI=1S/C12H15ClN2O3S/c13-9-1-3-10(4-2-9)14-7-12(16)15-11-5-6-19(17,18)8-11/h1-4,11,14H,5-8H2,(H,15,16). The molecule has 1 aromatic rings. The van der Waals surface area contributed by atoms with E-state index in [9.17, 15) is 13.2 Å². The van der Waals surface area contributed by atoms with Crippen molar-refractivity contribution in [2.24, 2.45) is 0 Å². The molecule has 0 aromatic heterocycles. The third-order valence-corrected chi connectivity index (χ3v) is 4.91. The van der Waals surface area contributed by atoms with Crippen molar-refractivity contribution in [2.45, 2.75) is 12.5 Å². The number of anilines is 1. The van der Waals surface area contributed by atoms with Crippen LogP contribution in [0.25, 0.3) is 0 Å². The quantitative estimate of drug-likeness (QED) is 0.872. The summed E-state index contributed by atoms with van der Waals surface area (Å²) >= 11 is 5.75. The Morgan fingerprint density at radius 1 is 1.32 bits per heavy atom. The van der Waals surface area contributed by atoms with E-state index in [0.29, 0.717) is 11.4 Å². The predicted molar refractivity (Wildman–Crippen MR) is 75.1 cm³/mol. The van der Waals surface area contributed by atoms with Crippen molar-refractivity contribution >= 4 is 33.0 Å². The maximum Gasteiger partial charge on any atom is 0.239 e. The van der Waals surface area contributed by atoms with E-state index in [-0.39, 0.29) is 30.0 Å². The average molecular weight is 303 g/mol. The zero-order valence-corrected chi connectivity index (χ0v) is 11.8. The second-order valence-corrected chi connectivity index (χ2v) is 7.19. The lowest BCUT2D eigenvalue weighted by Crippen LogP contribution is -2.39. The zero-order chi connectivity index (χ0) is 13.9. The summed E-state index contributed by atoms with van der Waals surface area (Å²) in [6, 6.07) is 6.74. The van der Waals surface area contributed by atoms with E-state index in [1.807, 2.05) is 0 Å². The minimum absolute atomic E-state index is 0.0414. The molecule has 2 rings (SSSR count). The van der Waals surface area contributed by atoms with Gasteiger partial charge in [0.05, 0.1) is 18.1 Å². The van der Waals surface area contributed by atoms with Gasteiger partial charge in [0.2, 0.25) is 5.91 Å². The fourth-order valence-corrected chi connectivity index (χ4v) is 3.74. The van der Waals surface area contributed by atoms with Crippen LogP contribution in [0.4, 0.5) is 5.69 Å². The van der Waals surface area contributed by atoms with E-state index in [2.05, 4.69) is 10.6 Å². The van der Waals surface area contributed by atoms with Crippen LogP contribution in [0.3, 0.4) is 0 Å². The van der Waals surface area contributed by atoms with Gasteiger partial charge in [0.15, 0.2) is 9.84 Å². The molecular formula is C12H15ClN2O3S. The number of rotatable bonds is 4. The van der Waals surface area contributed by atoms with E-state index in [4.69, 9.17) is 11.6 Å². The van der Waals surface area contributed by atoms with E-state index in [1.54, 1.807) is 24.3 Å². The molecule has 0 spiro atoms. The second kappa shape index (κ2) is 5.79. The maximum absolute atomic E-state index is 11.7. The number of benzene rings is 1. The van der Waals surface area contributed by atoms with Gasteiger partial charge in [-0.2, -0.15) is 0 Å². The molecule has 1 heterocycles.